The zero-order valence-electron chi connectivity index (χ0n) is 13.8. The lowest BCUT2D eigenvalue weighted by Gasteiger charge is -2.19. The van der Waals surface area contributed by atoms with Crippen molar-refractivity contribution in [2.24, 2.45) is 11.7 Å². The van der Waals surface area contributed by atoms with E-state index in [4.69, 9.17) is 33.7 Å². The number of primary amides is 1. The first-order valence-electron chi connectivity index (χ1n) is 7.90. The zero-order chi connectivity index (χ0) is 19.7. The minimum absolute atomic E-state index is 0.00287. The molecule has 0 bridgehead atoms. The molecular weight excluding hydrogens is 405 g/mol. The first kappa shape index (κ1) is 19.4. The molecule has 0 aliphatic heterocycles. The van der Waals surface area contributed by atoms with Crippen LogP contribution in [0.4, 0.5) is 8.78 Å². The number of aromatic nitrogens is 1. The number of nitrogens with two attached hydrogens (primary N) is 1. The molecule has 1 saturated carbocycles. The van der Waals surface area contributed by atoms with E-state index in [-0.39, 0.29) is 50.8 Å². The number of carbonyl (C=O) groups is 1. The van der Waals surface area contributed by atoms with E-state index in [0.29, 0.717) is 4.73 Å². The van der Waals surface area contributed by atoms with E-state index >= 15 is 0 Å². The highest BCUT2D eigenvalue weighted by Gasteiger charge is 2.29. The van der Waals surface area contributed by atoms with Gasteiger partial charge in [-0.05, 0) is 30.9 Å². The Morgan fingerprint density at radius 3 is 2.41 bits per heavy atom. The summed E-state index contributed by atoms with van der Waals surface area (Å²) in [4.78, 5) is 11.9. The molecule has 0 saturated heterocycles. The van der Waals surface area contributed by atoms with Crippen molar-refractivity contribution in [3.63, 3.8) is 0 Å². The number of alkyl halides is 2. The lowest BCUT2D eigenvalue weighted by Crippen LogP contribution is -2.25. The third-order valence-electron chi connectivity index (χ3n) is 3.97. The second kappa shape index (κ2) is 7.74. The van der Waals surface area contributed by atoms with E-state index in [0.717, 1.165) is 31.3 Å². The van der Waals surface area contributed by atoms with Gasteiger partial charge in [0, 0.05) is 11.1 Å². The fraction of sp³-hybridized carbons (Fsp3) is 0.294. The van der Waals surface area contributed by atoms with E-state index in [1.54, 1.807) is 0 Å². The van der Waals surface area contributed by atoms with Gasteiger partial charge in [-0.3, -0.25) is 4.79 Å². The molecule has 0 atom stereocenters. The fourth-order valence-corrected chi connectivity index (χ4v) is 3.21. The largest absolute Gasteiger partial charge is 0.619 e. The number of hydrogen-bond acceptors (Lipinski definition) is 4. The van der Waals surface area contributed by atoms with Gasteiger partial charge >= 0.3 is 6.61 Å². The van der Waals surface area contributed by atoms with E-state index in [1.807, 2.05) is 0 Å². The van der Waals surface area contributed by atoms with Crippen LogP contribution in [0.25, 0.3) is 11.1 Å². The quantitative estimate of drug-likeness (QED) is 0.547. The lowest BCUT2D eigenvalue weighted by molar-refractivity contribution is -0.605. The molecule has 3 rings (SSSR count). The van der Waals surface area contributed by atoms with Gasteiger partial charge < -0.3 is 20.4 Å². The van der Waals surface area contributed by atoms with Crippen LogP contribution in [0.15, 0.2) is 24.5 Å². The fourth-order valence-electron chi connectivity index (χ4n) is 2.58. The maximum absolute atomic E-state index is 12.9. The maximum Gasteiger partial charge on any atom is 0.387 e. The van der Waals surface area contributed by atoms with Crippen LogP contribution >= 0.6 is 23.2 Å². The number of ether oxygens (including phenoxy) is 2. The Hall–Kier alpha value is -2.32. The van der Waals surface area contributed by atoms with Crippen LogP contribution in [0.3, 0.4) is 0 Å². The summed E-state index contributed by atoms with van der Waals surface area (Å²) in [6.07, 6.45) is 3.91. The average molecular weight is 419 g/mol. The molecule has 27 heavy (non-hydrogen) atoms. The number of hydrogen-bond donors (Lipinski definition) is 1. The molecule has 0 unspecified atom stereocenters. The number of rotatable bonds is 7. The van der Waals surface area contributed by atoms with Crippen molar-refractivity contribution in [3.8, 4) is 22.6 Å². The molecule has 2 aromatic rings. The topological polar surface area (TPSA) is 88.5 Å². The monoisotopic (exact) mass is 418 g/mol. The van der Waals surface area contributed by atoms with Gasteiger partial charge in [-0.2, -0.15) is 13.5 Å². The Morgan fingerprint density at radius 1 is 1.26 bits per heavy atom. The SMILES string of the molecule is NC(=O)c1ccc(OC(F)F)c(OCC2CC2)c1-c1c(Cl)c[n+]([O-])cc1Cl. The normalized spacial score (nSPS) is 13.7. The van der Waals surface area contributed by atoms with Gasteiger partial charge in [-0.1, -0.05) is 23.2 Å². The van der Waals surface area contributed by atoms with Gasteiger partial charge in [-0.15, -0.1) is 0 Å². The van der Waals surface area contributed by atoms with Crippen molar-refractivity contribution in [2.75, 3.05) is 6.61 Å². The minimum Gasteiger partial charge on any atom is -0.619 e. The zero-order valence-corrected chi connectivity index (χ0v) is 15.3. The molecule has 1 aliphatic rings. The van der Waals surface area contributed by atoms with Gasteiger partial charge in [0.15, 0.2) is 23.9 Å². The summed E-state index contributed by atoms with van der Waals surface area (Å²) in [6.45, 7) is -2.88. The molecule has 144 valence electrons. The van der Waals surface area contributed by atoms with E-state index in [9.17, 15) is 18.8 Å². The molecule has 1 aromatic carbocycles. The Kier molecular flexibility index (Phi) is 5.57. The number of amides is 1. The predicted octanol–water partition coefficient (Wildman–Crippen LogP) is 3.78. The maximum atomic E-state index is 12.9. The van der Waals surface area contributed by atoms with Crippen molar-refractivity contribution < 1.29 is 27.8 Å². The van der Waals surface area contributed by atoms with Crippen molar-refractivity contribution in [3.05, 3.63) is 45.3 Å². The number of pyridine rings is 1. The smallest absolute Gasteiger partial charge is 0.387 e. The van der Waals surface area contributed by atoms with E-state index in [1.165, 1.54) is 6.07 Å². The molecule has 2 N–H and O–H groups in total. The number of halogens is 4. The molecule has 6 nitrogen and oxygen atoms in total. The highest BCUT2D eigenvalue weighted by Crippen LogP contribution is 2.46. The molecule has 1 aliphatic carbocycles. The summed E-state index contributed by atoms with van der Waals surface area (Å²) in [5, 5.41) is 11.3. The molecule has 1 fully saturated rings. The standard InChI is InChI=1S/C17H14Cl2F2N2O4/c18-10-5-23(25)6-11(19)14(10)13-9(16(22)24)3-4-12(27-17(20)21)15(13)26-7-8-1-2-8/h3-6,8,17H,1-2,7H2,(H2,22,24). The Morgan fingerprint density at radius 2 is 1.89 bits per heavy atom. The van der Waals surface area contributed by atoms with Crippen LogP contribution in [-0.2, 0) is 0 Å². The van der Waals surface area contributed by atoms with Gasteiger partial charge in [0.1, 0.15) is 10.0 Å². The summed E-state index contributed by atoms with van der Waals surface area (Å²) >= 11 is 12.3. The van der Waals surface area contributed by atoms with Gasteiger partial charge in [0.25, 0.3) is 0 Å². The highest BCUT2D eigenvalue weighted by molar-refractivity contribution is 6.39. The molecule has 0 radical (unpaired) electrons. The minimum atomic E-state index is -3.12. The summed E-state index contributed by atoms with van der Waals surface area (Å²) in [7, 11) is 0. The number of benzene rings is 1. The number of carbonyl (C=O) groups excluding carboxylic acids is 1. The van der Waals surface area contributed by atoms with Gasteiger partial charge in [0.2, 0.25) is 5.91 Å². The molecule has 1 amide bonds. The van der Waals surface area contributed by atoms with Crippen LogP contribution in [0, 0.1) is 11.1 Å². The second-order valence-electron chi connectivity index (χ2n) is 6.00. The molecule has 1 aromatic heterocycles. The van der Waals surface area contributed by atoms with Crippen LogP contribution in [-0.4, -0.2) is 19.1 Å². The first-order chi connectivity index (χ1) is 12.8. The Labute approximate surface area is 163 Å². The summed E-state index contributed by atoms with van der Waals surface area (Å²) in [6, 6.07) is 2.38. The molecule has 1 heterocycles. The second-order valence-corrected chi connectivity index (χ2v) is 6.82. The average Bonchev–Trinajstić information content (AvgIpc) is 3.36. The first-order valence-corrected chi connectivity index (χ1v) is 8.66. The van der Waals surface area contributed by atoms with Crippen molar-refractivity contribution in [2.45, 2.75) is 19.5 Å². The Balaban J connectivity index is 2.25. The van der Waals surface area contributed by atoms with Crippen molar-refractivity contribution >= 4 is 29.1 Å². The Bertz CT molecular complexity index is 868. The van der Waals surface area contributed by atoms with Gasteiger partial charge in [-0.25, -0.2) is 0 Å². The predicted molar refractivity (Wildman–Crippen MR) is 94.2 cm³/mol. The van der Waals surface area contributed by atoms with Crippen LogP contribution in [0.2, 0.25) is 10.0 Å². The summed E-state index contributed by atoms with van der Waals surface area (Å²) in [5.74, 6) is -1.00. The van der Waals surface area contributed by atoms with Crippen LogP contribution in [0.5, 0.6) is 11.5 Å². The van der Waals surface area contributed by atoms with Crippen molar-refractivity contribution in [1.82, 2.24) is 0 Å². The highest BCUT2D eigenvalue weighted by atomic mass is 35.5. The van der Waals surface area contributed by atoms with Crippen LogP contribution < -0.4 is 19.9 Å². The third-order valence-corrected chi connectivity index (χ3v) is 4.55. The molecule has 10 heteroatoms. The van der Waals surface area contributed by atoms with E-state index in [2.05, 4.69) is 4.74 Å². The molecule has 0 spiro atoms. The lowest BCUT2D eigenvalue weighted by atomic mass is 9.98. The summed E-state index contributed by atoms with van der Waals surface area (Å²) < 4.78 is 36.3. The van der Waals surface area contributed by atoms with Crippen molar-refractivity contribution in [1.29, 1.82) is 0 Å². The summed E-state index contributed by atoms with van der Waals surface area (Å²) in [5.41, 5.74) is 5.43. The molecular formula is C17H14Cl2F2N2O4. The van der Waals surface area contributed by atoms with E-state index < -0.39 is 12.5 Å². The van der Waals surface area contributed by atoms with Gasteiger partial charge in [0.05, 0.1) is 12.2 Å². The third kappa shape index (κ3) is 4.33. The van der Waals surface area contributed by atoms with Crippen LogP contribution in [0.1, 0.15) is 23.2 Å². The number of nitrogens with zero attached hydrogens (tertiary/aromatic N) is 1.